The summed E-state index contributed by atoms with van der Waals surface area (Å²) in [6, 6.07) is 4.76. The SMILES string of the molecule is CC1CC(NC(=O)CCc2ccncc2)CCN1.Cl.Cl. The summed E-state index contributed by atoms with van der Waals surface area (Å²) < 4.78 is 0. The molecule has 0 bridgehead atoms. The van der Waals surface area contributed by atoms with Crippen molar-refractivity contribution in [1.29, 1.82) is 0 Å². The third kappa shape index (κ3) is 6.55. The Morgan fingerprint density at radius 1 is 1.40 bits per heavy atom. The number of amides is 1. The second-order valence-electron chi connectivity index (χ2n) is 5.00. The molecule has 1 fully saturated rings. The average molecular weight is 320 g/mol. The summed E-state index contributed by atoms with van der Waals surface area (Å²) in [4.78, 5) is 15.8. The van der Waals surface area contributed by atoms with Gasteiger partial charge in [-0.25, -0.2) is 0 Å². The minimum absolute atomic E-state index is 0. The van der Waals surface area contributed by atoms with Gasteiger partial charge in [0.15, 0.2) is 0 Å². The second-order valence-corrected chi connectivity index (χ2v) is 5.00. The quantitative estimate of drug-likeness (QED) is 0.893. The molecule has 2 heterocycles. The number of hydrogen-bond donors (Lipinski definition) is 2. The number of carbonyl (C=O) groups excluding carboxylic acids is 1. The minimum Gasteiger partial charge on any atom is -0.353 e. The summed E-state index contributed by atoms with van der Waals surface area (Å²) in [6.07, 6.45) is 6.94. The molecule has 2 atom stereocenters. The van der Waals surface area contributed by atoms with Crippen LogP contribution in [0.2, 0.25) is 0 Å². The van der Waals surface area contributed by atoms with Crippen molar-refractivity contribution in [3.63, 3.8) is 0 Å². The minimum atomic E-state index is 0. The van der Waals surface area contributed by atoms with Gasteiger partial charge in [-0.2, -0.15) is 0 Å². The van der Waals surface area contributed by atoms with E-state index < -0.39 is 0 Å². The fraction of sp³-hybridized carbons (Fsp3) is 0.571. The molecule has 2 N–H and O–H groups in total. The van der Waals surface area contributed by atoms with Crippen molar-refractivity contribution in [3.8, 4) is 0 Å². The van der Waals surface area contributed by atoms with Crippen LogP contribution in [0.3, 0.4) is 0 Å². The normalized spacial score (nSPS) is 21.2. The standard InChI is InChI=1S/C14H21N3O.2ClH/c1-11-10-13(6-9-16-11)17-14(18)3-2-12-4-7-15-8-5-12;;/h4-5,7-8,11,13,16H,2-3,6,9-10H2,1H3,(H,17,18);2*1H. The molecule has 0 radical (unpaired) electrons. The maximum Gasteiger partial charge on any atom is 0.220 e. The topological polar surface area (TPSA) is 54.0 Å². The lowest BCUT2D eigenvalue weighted by molar-refractivity contribution is -0.122. The van der Waals surface area contributed by atoms with Crippen LogP contribution >= 0.6 is 24.8 Å². The molecular weight excluding hydrogens is 297 g/mol. The number of nitrogens with zero attached hydrogens (tertiary/aromatic N) is 1. The molecule has 1 aromatic heterocycles. The molecular formula is C14H23Cl2N3O. The van der Waals surface area contributed by atoms with E-state index in [9.17, 15) is 4.79 Å². The van der Waals surface area contributed by atoms with Crippen molar-refractivity contribution in [3.05, 3.63) is 30.1 Å². The van der Waals surface area contributed by atoms with Crippen LogP contribution in [-0.4, -0.2) is 29.5 Å². The van der Waals surface area contributed by atoms with Gasteiger partial charge in [0.05, 0.1) is 0 Å². The first kappa shape index (κ1) is 19.2. The first-order valence-corrected chi connectivity index (χ1v) is 6.65. The van der Waals surface area contributed by atoms with Gasteiger partial charge in [-0.15, -0.1) is 24.8 Å². The Labute approximate surface area is 132 Å². The highest BCUT2D eigenvalue weighted by Gasteiger charge is 2.19. The molecule has 1 aromatic rings. The zero-order valence-electron chi connectivity index (χ0n) is 11.7. The molecule has 114 valence electrons. The molecule has 0 aliphatic carbocycles. The Kier molecular flexibility index (Phi) is 9.55. The summed E-state index contributed by atoms with van der Waals surface area (Å²) in [5, 5.41) is 6.51. The monoisotopic (exact) mass is 319 g/mol. The number of rotatable bonds is 4. The van der Waals surface area contributed by atoms with Crippen LogP contribution in [0.4, 0.5) is 0 Å². The summed E-state index contributed by atoms with van der Waals surface area (Å²) >= 11 is 0. The highest BCUT2D eigenvalue weighted by Crippen LogP contribution is 2.08. The smallest absolute Gasteiger partial charge is 0.220 e. The van der Waals surface area contributed by atoms with E-state index in [0.717, 1.165) is 25.8 Å². The lowest BCUT2D eigenvalue weighted by atomic mass is 10.0. The number of carbonyl (C=O) groups is 1. The van der Waals surface area contributed by atoms with Gasteiger partial charge in [0, 0.05) is 30.9 Å². The molecule has 20 heavy (non-hydrogen) atoms. The Morgan fingerprint density at radius 2 is 2.10 bits per heavy atom. The van der Waals surface area contributed by atoms with E-state index >= 15 is 0 Å². The molecule has 2 unspecified atom stereocenters. The summed E-state index contributed by atoms with van der Waals surface area (Å²) in [7, 11) is 0. The molecule has 4 nitrogen and oxygen atoms in total. The number of aryl methyl sites for hydroxylation is 1. The van der Waals surface area contributed by atoms with Crippen LogP contribution in [0, 0.1) is 0 Å². The predicted octanol–water partition coefficient (Wildman–Crippen LogP) is 2.11. The van der Waals surface area contributed by atoms with Crippen LogP contribution in [0.5, 0.6) is 0 Å². The fourth-order valence-corrected chi connectivity index (χ4v) is 2.37. The van der Waals surface area contributed by atoms with Gasteiger partial charge in [-0.3, -0.25) is 9.78 Å². The Bertz CT molecular complexity index is 389. The molecule has 2 rings (SSSR count). The van der Waals surface area contributed by atoms with Crippen molar-refractivity contribution in [2.75, 3.05) is 6.54 Å². The van der Waals surface area contributed by atoms with E-state index in [0.29, 0.717) is 18.5 Å². The van der Waals surface area contributed by atoms with Gasteiger partial charge >= 0.3 is 0 Å². The first-order valence-electron chi connectivity index (χ1n) is 6.65. The fourth-order valence-electron chi connectivity index (χ4n) is 2.37. The maximum absolute atomic E-state index is 11.8. The number of aromatic nitrogens is 1. The van der Waals surface area contributed by atoms with E-state index in [-0.39, 0.29) is 30.7 Å². The lowest BCUT2D eigenvalue weighted by Crippen LogP contribution is -2.46. The van der Waals surface area contributed by atoms with Crippen molar-refractivity contribution in [2.24, 2.45) is 0 Å². The number of pyridine rings is 1. The number of nitrogens with one attached hydrogen (secondary N) is 2. The zero-order valence-corrected chi connectivity index (χ0v) is 13.3. The van der Waals surface area contributed by atoms with Gasteiger partial charge < -0.3 is 10.6 Å². The van der Waals surface area contributed by atoms with Crippen LogP contribution in [-0.2, 0) is 11.2 Å². The van der Waals surface area contributed by atoms with E-state index in [1.54, 1.807) is 12.4 Å². The number of piperidine rings is 1. The third-order valence-corrected chi connectivity index (χ3v) is 3.38. The molecule has 1 amide bonds. The molecule has 0 spiro atoms. The summed E-state index contributed by atoms with van der Waals surface area (Å²) in [6.45, 7) is 3.16. The van der Waals surface area contributed by atoms with Crippen molar-refractivity contribution >= 4 is 30.7 Å². The number of hydrogen-bond acceptors (Lipinski definition) is 3. The van der Waals surface area contributed by atoms with Crippen LogP contribution in [0.25, 0.3) is 0 Å². The van der Waals surface area contributed by atoms with Crippen LogP contribution in [0.1, 0.15) is 31.7 Å². The molecule has 1 aliphatic heterocycles. The molecule has 1 saturated heterocycles. The van der Waals surface area contributed by atoms with Crippen molar-refractivity contribution in [1.82, 2.24) is 15.6 Å². The van der Waals surface area contributed by atoms with Gasteiger partial charge in [0.2, 0.25) is 5.91 Å². The maximum atomic E-state index is 11.8. The van der Waals surface area contributed by atoms with E-state index in [1.807, 2.05) is 12.1 Å². The van der Waals surface area contributed by atoms with E-state index in [4.69, 9.17) is 0 Å². The van der Waals surface area contributed by atoms with E-state index in [2.05, 4.69) is 22.5 Å². The van der Waals surface area contributed by atoms with Crippen molar-refractivity contribution in [2.45, 2.75) is 44.7 Å². The summed E-state index contributed by atoms with van der Waals surface area (Å²) in [5.41, 5.74) is 1.17. The number of halogens is 2. The predicted molar refractivity (Wildman–Crippen MR) is 85.7 cm³/mol. The molecule has 0 saturated carbocycles. The van der Waals surface area contributed by atoms with Crippen LogP contribution in [0.15, 0.2) is 24.5 Å². The molecule has 0 aromatic carbocycles. The van der Waals surface area contributed by atoms with Gasteiger partial charge in [-0.1, -0.05) is 0 Å². The molecule has 6 heteroatoms. The van der Waals surface area contributed by atoms with Gasteiger partial charge in [-0.05, 0) is 50.4 Å². The third-order valence-electron chi connectivity index (χ3n) is 3.38. The van der Waals surface area contributed by atoms with Gasteiger partial charge in [0.1, 0.15) is 0 Å². The van der Waals surface area contributed by atoms with E-state index in [1.165, 1.54) is 5.56 Å². The Balaban J connectivity index is 0.00000180. The lowest BCUT2D eigenvalue weighted by Gasteiger charge is -2.28. The molecule has 1 aliphatic rings. The Hall–Kier alpha value is -0.840. The Morgan fingerprint density at radius 3 is 2.75 bits per heavy atom. The summed E-state index contributed by atoms with van der Waals surface area (Å²) in [5.74, 6) is 0.158. The first-order chi connectivity index (χ1) is 8.74. The van der Waals surface area contributed by atoms with Crippen LogP contribution < -0.4 is 10.6 Å². The highest BCUT2D eigenvalue weighted by molar-refractivity contribution is 5.85. The highest BCUT2D eigenvalue weighted by atomic mass is 35.5. The van der Waals surface area contributed by atoms with Crippen molar-refractivity contribution < 1.29 is 4.79 Å². The zero-order chi connectivity index (χ0) is 12.8. The largest absolute Gasteiger partial charge is 0.353 e. The second kappa shape index (κ2) is 9.97. The van der Waals surface area contributed by atoms with Gasteiger partial charge in [0.25, 0.3) is 0 Å². The average Bonchev–Trinajstić information content (AvgIpc) is 2.38.